The van der Waals surface area contributed by atoms with Crippen molar-refractivity contribution < 1.29 is 19.5 Å². The minimum absolute atomic E-state index is 0.0410. The van der Waals surface area contributed by atoms with Gasteiger partial charge < -0.3 is 14.7 Å². The van der Waals surface area contributed by atoms with Crippen LogP contribution in [0.4, 0.5) is 0 Å². The number of aliphatic hydroxyl groups excluding tert-OH is 1. The Morgan fingerprint density at radius 3 is 2.86 bits per heavy atom. The Morgan fingerprint density at radius 1 is 1.64 bits per heavy atom. The second kappa shape index (κ2) is 6.73. The average molecular weight is 328 g/mol. The summed E-state index contributed by atoms with van der Waals surface area (Å²) in [7, 11) is 0. The molecule has 1 heterocycles. The fraction of sp³-hybridized carbons (Fsp3) is 0.625. The summed E-state index contributed by atoms with van der Waals surface area (Å²) in [6.45, 7) is 7.50. The summed E-state index contributed by atoms with van der Waals surface area (Å²) in [5.74, 6) is 0.0190. The van der Waals surface area contributed by atoms with E-state index in [1.807, 2.05) is 6.92 Å². The molecular formula is C16H22ClNO4. The highest BCUT2D eigenvalue weighted by Gasteiger charge is 2.46. The van der Waals surface area contributed by atoms with Crippen molar-refractivity contribution in [1.82, 2.24) is 0 Å². The van der Waals surface area contributed by atoms with Crippen LogP contribution in [0.25, 0.3) is 0 Å². The van der Waals surface area contributed by atoms with Crippen LogP contribution in [-0.4, -0.2) is 29.0 Å². The van der Waals surface area contributed by atoms with Crippen molar-refractivity contribution in [2.24, 2.45) is 11.1 Å². The predicted octanol–water partition coefficient (Wildman–Crippen LogP) is 3.84. The van der Waals surface area contributed by atoms with Gasteiger partial charge in [-0.3, -0.25) is 0 Å². The van der Waals surface area contributed by atoms with Crippen molar-refractivity contribution in [2.75, 3.05) is 6.61 Å². The first kappa shape index (κ1) is 16.9. The van der Waals surface area contributed by atoms with E-state index in [2.05, 4.69) is 18.7 Å². The molecule has 1 aliphatic carbocycles. The molecule has 0 aromatic rings. The quantitative estimate of drug-likeness (QED) is 0.473. The van der Waals surface area contributed by atoms with Crippen molar-refractivity contribution in [3.05, 3.63) is 22.9 Å². The van der Waals surface area contributed by atoms with E-state index in [4.69, 9.17) is 21.2 Å². The van der Waals surface area contributed by atoms with Crippen LogP contribution in [0.15, 0.2) is 28.1 Å². The van der Waals surface area contributed by atoms with Crippen LogP contribution in [0, 0.1) is 5.92 Å². The summed E-state index contributed by atoms with van der Waals surface area (Å²) in [4.78, 5) is 17.4. The second-order valence-electron chi connectivity index (χ2n) is 6.10. The molecule has 1 spiro atoms. The van der Waals surface area contributed by atoms with Gasteiger partial charge in [0.2, 0.25) is 0 Å². The van der Waals surface area contributed by atoms with E-state index in [1.54, 1.807) is 0 Å². The summed E-state index contributed by atoms with van der Waals surface area (Å²) in [6.07, 6.45) is 3.37. The molecule has 0 radical (unpaired) electrons. The summed E-state index contributed by atoms with van der Waals surface area (Å²) >= 11 is 5.60. The van der Waals surface area contributed by atoms with Gasteiger partial charge in [-0.15, -0.1) is 0 Å². The Balaban J connectivity index is 2.20. The number of hydrogen-bond acceptors (Lipinski definition) is 5. The van der Waals surface area contributed by atoms with Crippen LogP contribution in [0.3, 0.4) is 0 Å². The van der Waals surface area contributed by atoms with Gasteiger partial charge in [-0.1, -0.05) is 37.2 Å². The molecule has 22 heavy (non-hydrogen) atoms. The zero-order valence-corrected chi connectivity index (χ0v) is 13.8. The Morgan fingerprint density at radius 2 is 2.36 bits per heavy atom. The van der Waals surface area contributed by atoms with E-state index in [-0.39, 0.29) is 17.9 Å². The van der Waals surface area contributed by atoms with Crippen LogP contribution in [0.2, 0.25) is 0 Å². The number of halogens is 1. The first-order valence-electron chi connectivity index (χ1n) is 7.55. The largest absolute Gasteiger partial charge is 0.511 e. The summed E-state index contributed by atoms with van der Waals surface area (Å²) < 4.78 is 5.66. The molecule has 0 saturated heterocycles. The summed E-state index contributed by atoms with van der Waals surface area (Å²) in [5, 5.41) is 14.6. The van der Waals surface area contributed by atoms with Gasteiger partial charge in [-0.2, -0.15) is 0 Å². The lowest BCUT2D eigenvalue weighted by atomic mass is 9.89. The molecule has 5 nitrogen and oxygen atoms in total. The molecule has 1 saturated carbocycles. The number of oxime groups is 1. The molecule has 1 aliphatic heterocycles. The van der Waals surface area contributed by atoms with Crippen molar-refractivity contribution in [1.29, 1.82) is 0 Å². The highest BCUT2D eigenvalue weighted by molar-refractivity contribution is 6.29. The highest BCUT2D eigenvalue weighted by Crippen LogP contribution is 2.44. The third-order valence-corrected chi connectivity index (χ3v) is 4.23. The van der Waals surface area contributed by atoms with Gasteiger partial charge >= 0.3 is 5.97 Å². The van der Waals surface area contributed by atoms with Crippen LogP contribution in [-0.2, 0) is 14.4 Å². The average Bonchev–Trinajstić information content (AvgIpc) is 2.76. The van der Waals surface area contributed by atoms with E-state index in [1.165, 1.54) is 0 Å². The highest BCUT2D eigenvalue weighted by atomic mass is 35.5. The number of esters is 1. The minimum atomic E-state index is -0.547. The van der Waals surface area contributed by atoms with Crippen LogP contribution < -0.4 is 0 Å². The molecule has 122 valence electrons. The Hall–Kier alpha value is -1.49. The van der Waals surface area contributed by atoms with E-state index in [0.29, 0.717) is 29.5 Å². The molecule has 0 amide bonds. The normalized spacial score (nSPS) is 29.0. The zero-order chi connectivity index (χ0) is 16.3. The van der Waals surface area contributed by atoms with Gasteiger partial charge in [-0.25, -0.2) is 4.79 Å². The molecule has 1 N–H and O–H groups in total. The van der Waals surface area contributed by atoms with Gasteiger partial charge in [0.1, 0.15) is 16.9 Å². The number of aliphatic hydroxyl groups is 1. The summed E-state index contributed by atoms with van der Waals surface area (Å²) in [5.41, 5.74) is -0.0667. The minimum Gasteiger partial charge on any atom is -0.511 e. The first-order valence-corrected chi connectivity index (χ1v) is 7.92. The molecule has 0 aromatic heterocycles. The van der Waals surface area contributed by atoms with Crippen LogP contribution in [0.1, 0.15) is 46.0 Å². The number of hydrogen-bond donors (Lipinski definition) is 1. The molecule has 1 fully saturated rings. The van der Waals surface area contributed by atoms with Crippen molar-refractivity contribution in [2.45, 2.75) is 51.6 Å². The maximum atomic E-state index is 12.3. The maximum Gasteiger partial charge on any atom is 0.344 e. The lowest BCUT2D eigenvalue weighted by Crippen LogP contribution is -2.39. The number of rotatable bonds is 5. The molecule has 2 rings (SSSR count). The molecule has 0 bridgehead atoms. The fourth-order valence-electron chi connectivity index (χ4n) is 3.15. The zero-order valence-electron chi connectivity index (χ0n) is 13.0. The Bertz CT molecular complexity index is 540. The molecule has 2 aliphatic rings. The topological polar surface area (TPSA) is 68.1 Å². The molecular weight excluding hydrogens is 306 g/mol. The number of ether oxygens (including phenoxy) is 1. The standard InChI is InChI=1S/C16H22ClNO4/c1-4-12(18-21-9-11(3)17)14-13(19)8-16(22-15(14)20)6-5-10(2)7-16/h10,19H,3-9H2,1-2H3/b18-12+. The lowest BCUT2D eigenvalue weighted by molar-refractivity contribution is -0.157. The van der Waals surface area contributed by atoms with Crippen molar-refractivity contribution in [3.8, 4) is 0 Å². The molecule has 2 unspecified atom stereocenters. The molecule has 2 atom stereocenters. The number of carbonyl (C=O) groups is 1. The monoisotopic (exact) mass is 327 g/mol. The van der Waals surface area contributed by atoms with Gasteiger partial charge in [-0.05, 0) is 31.6 Å². The summed E-state index contributed by atoms with van der Waals surface area (Å²) in [6, 6.07) is 0. The lowest BCUT2D eigenvalue weighted by Gasteiger charge is -2.34. The molecule has 6 heteroatoms. The fourth-order valence-corrected chi connectivity index (χ4v) is 3.20. The van der Waals surface area contributed by atoms with Crippen LogP contribution in [0.5, 0.6) is 0 Å². The third-order valence-electron chi connectivity index (χ3n) is 4.12. The SMILES string of the molecule is C=C(Cl)CO/N=C(\CC)C1=C(O)CC2(CCC(C)C2)OC1=O. The second-order valence-corrected chi connectivity index (χ2v) is 6.64. The van der Waals surface area contributed by atoms with E-state index in [0.717, 1.165) is 19.3 Å². The predicted molar refractivity (Wildman–Crippen MR) is 84.8 cm³/mol. The number of carbonyl (C=O) groups excluding carboxylic acids is 1. The van der Waals surface area contributed by atoms with Gasteiger partial charge in [0.05, 0.1) is 10.7 Å². The van der Waals surface area contributed by atoms with Crippen molar-refractivity contribution >= 4 is 23.3 Å². The Kier molecular flexibility index (Phi) is 5.16. The van der Waals surface area contributed by atoms with Gasteiger partial charge in [0, 0.05) is 6.42 Å². The Labute approximate surface area is 135 Å². The van der Waals surface area contributed by atoms with E-state index >= 15 is 0 Å². The third kappa shape index (κ3) is 3.64. The van der Waals surface area contributed by atoms with E-state index < -0.39 is 11.6 Å². The van der Waals surface area contributed by atoms with Gasteiger partial charge in [0.25, 0.3) is 0 Å². The molecule has 0 aromatic carbocycles. The number of nitrogens with zero attached hydrogens (tertiary/aromatic N) is 1. The van der Waals surface area contributed by atoms with E-state index in [9.17, 15) is 9.90 Å². The van der Waals surface area contributed by atoms with Crippen LogP contribution >= 0.6 is 11.6 Å². The smallest absolute Gasteiger partial charge is 0.344 e. The van der Waals surface area contributed by atoms with Gasteiger partial charge in [0.15, 0.2) is 6.61 Å². The first-order chi connectivity index (χ1) is 10.4. The maximum absolute atomic E-state index is 12.3. The van der Waals surface area contributed by atoms with Crippen molar-refractivity contribution in [3.63, 3.8) is 0 Å².